The van der Waals surface area contributed by atoms with Crippen LogP contribution in [0.2, 0.25) is 0 Å². The number of hydrogen-bond acceptors (Lipinski definition) is 3. The molecule has 19 heavy (non-hydrogen) atoms. The van der Waals surface area contributed by atoms with Crippen LogP contribution in [-0.2, 0) is 4.74 Å². The van der Waals surface area contributed by atoms with Gasteiger partial charge in [-0.25, -0.2) is 0 Å². The van der Waals surface area contributed by atoms with Gasteiger partial charge in [0.15, 0.2) is 5.78 Å². The van der Waals surface area contributed by atoms with Crippen molar-refractivity contribution in [2.24, 2.45) is 5.92 Å². The monoisotopic (exact) mass is 259 g/mol. The van der Waals surface area contributed by atoms with Gasteiger partial charge in [0.2, 0.25) is 0 Å². The lowest BCUT2D eigenvalue weighted by Gasteiger charge is -2.08. The molecule has 1 fully saturated rings. The largest absolute Gasteiger partial charge is 0.493 e. The van der Waals surface area contributed by atoms with Gasteiger partial charge in [0.05, 0.1) is 18.6 Å². The minimum Gasteiger partial charge on any atom is -0.493 e. The van der Waals surface area contributed by atoms with Crippen LogP contribution in [0.3, 0.4) is 0 Å². The van der Waals surface area contributed by atoms with E-state index < -0.39 is 0 Å². The molecular formula is C15H17NO3. The molecule has 0 radical (unpaired) electrons. The van der Waals surface area contributed by atoms with Crippen LogP contribution in [0.1, 0.15) is 23.7 Å². The molecule has 1 N–H and O–H groups in total. The number of nitrogens with one attached hydrogen (secondary N) is 1. The molecule has 0 saturated carbocycles. The lowest BCUT2D eigenvalue weighted by atomic mass is 9.96. The third-order valence-electron chi connectivity index (χ3n) is 3.53. The fourth-order valence-electron chi connectivity index (χ4n) is 2.58. The van der Waals surface area contributed by atoms with Gasteiger partial charge in [0.25, 0.3) is 0 Å². The molecule has 0 amide bonds. The molecule has 1 atom stereocenters. The smallest absolute Gasteiger partial charge is 0.170 e. The number of H-pyrrole nitrogens is 1. The Balaban J connectivity index is 2.05. The van der Waals surface area contributed by atoms with Gasteiger partial charge in [-0.05, 0) is 25.5 Å². The van der Waals surface area contributed by atoms with E-state index in [1.165, 1.54) is 0 Å². The molecule has 0 bridgehead atoms. The van der Waals surface area contributed by atoms with Crippen molar-refractivity contribution in [2.75, 3.05) is 19.8 Å². The Labute approximate surface area is 111 Å². The zero-order valence-corrected chi connectivity index (χ0v) is 10.9. The van der Waals surface area contributed by atoms with Crippen molar-refractivity contribution in [3.8, 4) is 5.75 Å². The highest BCUT2D eigenvalue weighted by atomic mass is 16.5. The Morgan fingerprint density at radius 3 is 3.16 bits per heavy atom. The van der Waals surface area contributed by atoms with Crippen molar-refractivity contribution in [2.45, 2.75) is 13.3 Å². The summed E-state index contributed by atoms with van der Waals surface area (Å²) in [7, 11) is 0. The number of carbonyl (C=O) groups is 1. The number of ether oxygens (including phenoxy) is 2. The molecule has 1 unspecified atom stereocenters. The molecule has 3 rings (SSSR count). The third kappa shape index (κ3) is 2.12. The van der Waals surface area contributed by atoms with E-state index in [0.29, 0.717) is 19.8 Å². The minimum atomic E-state index is -0.0197. The summed E-state index contributed by atoms with van der Waals surface area (Å²) in [5, 5.41) is 0.890. The van der Waals surface area contributed by atoms with Crippen LogP contribution in [0.25, 0.3) is 10.9 Å². The Bertz CT molecular complexity index is 596. The number of ketones is 1. The number of aromatic amines is 1. The molecule has 0 spiro atoms. The van der Waals surface area contributed by atoms with E-state index in [1.807, 2.05) is 25.1 Å². The SMILES string of the molecule is CCOc1cccc2[nH]cc(C(=O)C3CCOC3)c12. The highest BCUT2D eigenvalue weighted by Gasteiger charge is 2.27. The first kappa shape index (κ1) is 12.2. The van der Waals surface area contributed by atoms with Crippen molar-refractivity contribution in [1.82, 2.24) is 4.98 Å². The van der Waals surface area contributed by atoms with Gasteiger partial charge in [-0.3, -0.25) is 4.79 Å². The van der Waals surface area contributed by atoms with Crippen molar-refractivity contribution in [3.05, 3.63) is 30.0 Å². The van der Waals surface area contributed by atoms with E-state index in [2.05, 4.69) is 4.98 Å². The van der Waals surface area contributed by atoms with Gasteiger partial charge in [0, 0.05) is 29.8 Å². The second-order valence-electron chi connectivity index (χ2n) is 4.74. The van der Waals surface area contributed by atoms with Gasteiger partial charge in [-0.15, -0.1) is 0 Å². The highest BCUT2D eigenvalue weighted by Crippen LogP contribution is 2.31. The molecule has 2 heterocycles. The van der Waals surface area contributed by atoms with Crippen molar-refractivity contribution in [3.63, 3.8) is 0 Å². The van der Waals surface area contributed by atoms with Crippen LogP contribution in [0.15, 0.2) is 24.4 Å². The summed E-state index contributed by atoms with van der Waals surface area (Å²) in [6.45, 7) is 3.74. The Morgan fingerprint density at radius 1 is 1.53 bits per heavy atom. The normalized spacial score (nSPS) is 18.9. The summed E-state index contributed by atoms with van der Waals surface area (Å²) < 4.78 is 10.9. The predicted molar refractivity (Wildman–Crippen MR) is 72.7 cm³/mol. The fraction of sp³-hybridized carbons (Fsp3) is 0.400. The Kier molecular flexibility index (Phi) is 3.25. The molecule has 1 aromatic carbocycles. The summed E-state index contributed by atoms with van der Waals surface area (Å²) >= 11 is 0. The predicted octanol–water partition coefficient (Wildman–Crippen LogP) is 2.79. The third-order valence-corrected chi connectivity index (χ3v) is 3.53. The van der Waals surface area contributed by atoms with Crippen LogP contribution in [-0.4, -0.2) is 30.6 Å². The number of fused-ring (bicyclic) bond motifs is 1. The maximum absolute atomic E-state index is 12.5. The number of rotatable bonds is 4. The van der Waals surface area contributed by atoms with E-state index in [0.717, 1.165) is 28.6 Å². The molecule has 1 aliphatic rings. The second-order valence-corrected chi connectivity index (χ2v) is 4.74. The second kappa shape index (κ2) is 5.05. The van der Waals surface area contributed by atoms with Gasteiger partial charge in [-0.1, -0.05) is 6.07 Å². The molecule has 100 valence electrons. The molecule has 2 aromatic rings. The quantitative estimate of drug-likeness (QED) is 0.859. The molecule has 1 saturated heterocycles. The average Bonchev–Trinajstić information content (AvgIpc) is 3.08. The summed E-state index contributed by atoms with van der Waals surface area (Å²) in [6, 6.07) is 5.79. The number of Topliss-reactive ketones (excluding diaryl/α,β-unsaturated/α-hetero) is 1. The van der Waals surface area contributed by atoms with Crippen molar-refractivity contribution < 1.29 is 14.3 Å². The standard InChI is InChI=1S/C15H17NO3/c1-2-19-13-5-3-4-12-14(13)11(8-16-12)15(17)10-6-7-18-9-10/h3-5,8,10,16H,2,6-7,9H2,1H3. The van der Waals surface area contributed by atoms with Crippen molar-refractivity contribution in [1.29, 1.82) is 0 Å². The molecule has 1 aliphatic heterocycles. The number of carbonyl (C=O) groups excluding carboxylic acids is 1. The van der Waals surface area contributed by atoms with Crippen LogP contribution in [0, 0.1) is 5.92 Å². The van der Waals surface area contributed by atoms with Gasteiger partial charge >= 0.3 is 0 Å². The average molecular weight is 259 g/mol. The fourth-order valence-corrected chi connectivity index (χ4v) is 2.58. The van der Waals surface area contributed by atoms with Crippen LogP contribution < -0.4 is 4.74 Å². The van der Waals surface area contributed by atoms with E-state index in [1.54, 1.807) is 6.20 Å². The summed E-state index contributed by atoms with van der Waals surface area (Å²) in [4.78, 5) is 15.7. The van der Waals surface area contributed by atoms with Crippen molar-refractivity contribution >= 4 is 16.7 Å². The zero-order chi connectivity index (χ0) is 13.2. The van der Waals surface area contributed by atoms with Crippen LogP contribution in [0.4, 0.5) is 0 Å². The maximum atomic E-state index is 12.5. The molecular weight excluding hydrogens is 242 g/mol. The lowest BCUT2D eigenvalue weighted by Crippen LogP contribution is -2.14. The topological polar surface area (TPSA) is 51.3 Å². The summed E-state index contributed by atoms with van der Waals surface area (Å²) in [5.41, 5.74) is 1.66. The molecule has 1 aromatic heterocycles. The van der Waals surface area contributed by atoms with Crippen LogP contribution in [0.5, 0.6) is 5.75 Å². The number of hydrogen-bond donors (Lipinski definition) is 1. The van der Waals surface area contributed by atoms with Gasteiger partial charge in [-0.2, -0.15) is 0 Å². The minimum absolute atomic E-state index is 0.0197. The number of benzene rings is 1. The zero-order valence-electron chi connectivity index (χ0n) is 10.9. The van der Waals surface area contributed by atoms with E-state index in [4.69, 9.17) is 9.47 Å². The Morgan fingerprint density at radius 2 is 2.42 bits per heavy atom. The van der Waals surface area contributed by atoms with E-state index in [-0.39, 0.29) is 11.7 Å². The Hall–Kier alpha value is -1.81. The van der Waals surface area contributed by atoms with Gasteiger partial charge < -0.3 is 14.5 Å². The first-order valence-corrected chi connectivity index (χ1v) is 6.66. The first-order chi connectivity index (χ1) is 9.31. The lowest BCUT2D eigenvalue weighted by molar-refractivity contribution is 0.0902. The molecule has 4 nitrogen and oxygen atoms in total. The van der Waals surface area contributed by atoms with Gasteiger partial charge in [0.1, 0.15) is 5.75 Å². The van der Waals surface area contributed by atoms with E-state index >= 15 is 0 Å². The number of aromatic nitrogens is 1. The van der Waals surface area contributed by atoms with E-state index in [9.17, 15) is 4.79 Å². The molecule has 4 heteroatoms. The highest BCUT2D eigenvalue weighted by molar-refractivity contribution is 6.11. The summed E-state index contributed by atoms with van der Waals surface area (Å²) in [5.74, 6) is 0.896. The summed E-state index contributed by atoms with van der Waals surface area (Å²) in [6.07, 6.45) is 2.59. The molecule has 0 aliphatic carbocycles. The first-order valence-electron chi connectivity index (χ1n) is 6.66. The maximum Gasteiger partial charge on any atom is 0.170 e. The van der Waals surface area contributed by atoms with Crippen LogP contribution >= 0.6 is 0 Å².